The van der Waals surface area contributed by atoms with Crippen LogP contribution in [0, 0.1) is 10.2 Å². The van der Waals surface area contributed by atoms with E-state index in [0.29, 0.717) is 0 Å². The summed E-state index contributed by atoms with van der Waals surface area (Å²) in [5.41, 5.74) is 1.31. The fourth-order valence-electron chi connectivity index (χ4n) is 2.38. The van der Waals surface area contributed by atoms with Crippen LogP contribution >= 0.6 is 23.1 Å². The van der Waals surface area contributed by atoms with Gasteiger partial charge in [-0.3, -0.25) is 0 Å². The highest BCUT2D eigenvalue weighted by Gasteiger charge is 2.12. The molecular weight excluding hydrogens is 392 g/mol. The van der Waals surface area contributed by atoms with Crippen LogP contribution in [0.3, 0.4) is 0 Å². The summed E-state index contributed by atoms with van der Waals surface area (Å²) >= 11 is 3.68. The fraction of sp³-hybridized carbons (Fsp3) is 0. The first kappa shape index (κ1) is 19.0. The molecular formula is C19H13ClO4S2. The average molecular weight is 405 g/mol. The summed E-state index contributed by atoms with van der Waals surface area (Å²) in [4.78, 5) is 3.91. The Balaban J connectivity index is 0.000000349. The molecule has 0 fully saturated rings. The number of allylic oxidation sites excluding steroid dienone is 1. The molecule has 0 N–H and O–H groups in total. The number of rotatable bonds is 1. The van der Waals surface area contributed by atoms with Crippen molar-refractivity contribution in [3.05, 3.63) is 82.1 Å². The summed E-state index contributed by atoms with van der Waals surface area (Å²) in [6.45, 7) is 0. The molecule has 2 aromatic carbocycles. The van der Waals surface area contributed by atoms with Gasteiger partial charge in [-0.15, -0.1) is 10.2 Å². The number of hydrogen-bond donors (Lipinski definition) is 0. The first-order valence-electron chi connectivity index (χ1n) is 7.49. The molecule has 26 heavy (non-hydrogen) atoms. The lowest BCUT2D eigenvalue weighted by Crippen LogP contribution is -2.68. The van der Waals surface area contributed by atoms with Crippen molar-refractivity contribution in [2.24, 2.45) is 0 Å². The summed E-state index contributed by atoms with van der Waals surface area (Å²) in [7, 11) is -4.94. The maximum Gasteiger partial charge on any atom is 0.238 e. The van der Waals surface area contributed by atoms with E-state index >= 15 is 0 Å². The molecule has 0 atom stereocenters. The second kappa shape index (κ2) is 8.28. The minimum Gasteiger partial charge on any atom is -0.222 e. The van der Waals surface area contributed by atoms with E-state index in [1.165, 1.54) is 30.3 Å². The molecule has 4 rings (SSSR count). The topological polar surface area (TPSA) is 92.2 Å². The van der Waals surface area contributed by atoms with Crippen LogP contribution in [0.4, 0.5) is 0 Å². The predicted octanol–water partition coefficient (Wildman–Crippen LogP) is 1.59. The molecule has 3 aromatic rings. The van der Waals surface area contributed by atoms with Crippen LogP contribution in [0.25, 0.3) is 22.2 Å². The second-order valence-corrected chi connectivity index (χ2v) is 8.26. The summed E-state index contributed by atoms with van der Waals surface area (Å²) in [5.74, 6) is 0. The van der Waals surface area contributed by atoms with Gasteiger partial charge in [0, 0.05) is 33.4 Å². The van der Waals surface area contributed by atoms with E-state index in [0.717, 1.165) is 0 Å². The van der Waals surface area contributed by atoms with Crippen LogP contribution in [-0.2, 0) is 0 Å². The average Bonchev–Trinajstić information content (AvgIpc) is 2.60. The molecule has 0 aliphatic carbocycles. The standard InChI is InChI=1S/C19H13S2.ClHO4/c1-3-7-18-14(5-1)9-11-16(20-18)13-17-12-10-15-6-2-4-8-19(15)21-17;2-1(3,4)5/h1-13H;(H,2,3,4,5)/q+1;/p-1. The molecule has 132 valence electrons. The van der Waals surface area contributed by atoms with Crippen molar-refractivity contribution >= 4 is 45.3 Å². The smallest absolute Gasteiger partial charge is 0.222 e. The number of fused-ring (bicyclic) bond motifs is 2. The number of hydrogen-bond acceptors (Lipinski definition) is 5. The molecule has 0 spiro atoms. The maximum absolute atomic E-state index is 8.49. The van der Waals surface area contributed by atoms with E-state index in [9.17, 15) is 0 Å². The Kier molecular flexibility index (Phi) is 6.05. The van der Waals surface area contributed by atoms with Crippen LogP contribution in [0.2, 0.25) is 0 Å². The maximum atomic E-state index is 8.49. The van der Waals surface area contributed by atoms with Crippen LogP contribution < -0.4 is 18.6 Å². The van der Waals surface area contributed by atoms with Gasteiger partial charge >= 0.3 is 0 Å². The molecule has 1 aromatic heterocycles. The number of thioether (sulfide) groups is 1. The summed E-state index contributed by atoms with van der Waals surface area (Å²) in [6, 6.07) is 21.5. The van der Waals surface area contributed by atoms with Crippen molar-refractivity contribution in [1.82, 2.24) is 0 Å². The van der Waals surface area contributed by atoms with Gasteiger partial charge in [0.2, 0.25) is 20.9 Å². The van der Waals surface area contributed by atoms with E-state index in [1.54, 1.807) is 0 Å². The largest absolute Gasteiger partial charge is 0.238 e. The van der Waals surface area contributed by atoms with Crippen LogP contribution in [0.5, 0.6) is 0 Å². The van der Waals surface area contributed by atoms with E-state index in [1.807, 2.05) is 23.1 Å². The van der Waals surface area contributed by atoms with Gasteiger partial charge in [-0.05, 0) is 29.8 Å². The number of halogens is 1. The Hall–Kier alpha value is -1.77. The van der Waals surface area contributed by atoms with E-state index < -0.39 is 10.2 Å². The van der Waals surface area contributed by atoms with E-state index in [-0.39, 0.29) is 0 Å². The Bertz CT molecular complexity index is 974. The highest BCUT2D eigenvalue weighted by Crippen LogP contribution is 2.37. The zero-order valence-corrected chi connectivity index (χ0v) is 15.7. The van der Waals surface area contributed by atoms with Crippen LogP contribution in [0.1, 0.15) is 10.4 Å². The molecule has 0 amide bonds. The van der Waals surface area contributed by atoms with Gasteiger partial charge in [-0.2, -0.15) is 0 Å². The lowest BCUT2D eigenvalue weighted by Gasteiger charge is -2.17. The van der Waals surface area contributed by atoms with E-state index in [2.05, 4.69) is 78.9 Å². The lowest BCUT2D eigenvalue weighted by molar-refractivity contribution is -2.00. The first-order chi connectivity index (χ1) is 12.4. The Morgan fingerprint density at radius 2 is 1.50 bits per heavy atom. The van der Waals surface area contributed by atoms with E-state index in [4.69, 9.17) is 18.6 Å². The Morgan fingerprint density at radius 1 is 0.808 bits per heavy atom. The van der Waals surface area contributed by atoms with Crippen LogP contribution in [-0.4, -0.2) is 0 Å². The highest BCUT2D eigenvalue weighted by atomic mass is 35.7. The van der Waals surface area contributed by atoms with Crippen molar-refractivity contribution in [2.75, 3.05) is 0 Å². The third kappa shape index (κ3) is 5.62. The van der Waals surface area contributed by atoms with Crippen molar-refractivity contribution < 1.29 is 28.9 Å². The molecule has 0 saturated heterocycles. The van der Waals surface area contributed by atoms with Gasteiger partial charge in [0.15, 0.2) is 0 Å². The summed E-state index contributed by atoms with van der Waals surface area (Å²) in [6.07, 6.45) is 6.67. The Morgan fingerprint density at radius 3 is 2.31 bits per heavy atom. The van der Waals surface area contributed by atoms with Gasteiger partial charge in [-0.25, -0.2) is 18.6 Å². The fourth-order valence-corrected chi connectivity index (χ4v) is 4.41. The predicted molar refractivity (Wildman–Crippen MR) is 95.5 cm³/mol. The zero-order chi connectivity index (χ0) is 18.6. The number of benzene rings is 2. The molecule has 1 aliphatic rings. The summed E-state index contributed by atoms with van der Waals surface area (Å²) in [5, 5.41) is 1.31. The normalized spacial score (nSPS) is 14.7. The third-order valence-corrected chi connectivity index (χ3v) is 5.60. The SMILES string of the molecule is C1=Cc2ccccc2S/C1=C/c1ccc2ccccc2[s+]1.[O-][Cl+3]([O-])([O-])[O-]. The van der Waals surface area contributed by atoms with Gasteiger partial charge in [0.25, 0.3) is 0 Å². The molecule has 4 nitrogen and oxygen atoms in total. The first-order valence-corrected chi connectivity index (χ1v) is 10.4. The van der Waals surface area contributed by atoms with Gasteiger partial charge in [0.05, 0.1) is 0 Å². The molecule has 2 heterocycles. The second-order valence-electron chi connectivity index (χ2n) is 5.27. The highest BCUT2D eigenvalue weighted by molar-refractivity contribution is 8.03. The molecule has 0 saturated carbocycles. The van der Waals surface area contributed by atoms with Crippen molar-refractivity contribution in [2.45, 2.75) is 4.90 Å². The molecule has 1 aliphatic heterocycles. The zero-order valence-electron chi connectivity index (χ0n) is 13.3. The molecule has 0 unspecified atom stereocenters. The quantitative estimate of drug-likeness (QED) is 0.574. The van der Waals surface area contributed by atoms with Gasteiger partial charge in [-0.1, -0.05) is 48.2 Å². The summed E-state index contributed by atoms with van der Waals surface area (Å²) < 4.78 is 35.3. The molecule has 0 radical (unpaired) electrons. The van der Waals surface area contributed by atoms with Crippen molar-refractivity contribution in [1.29, 1.82) is 0 Å². The molecule has 7 heteroatoms. The van der Waals surface area contributed by atoms with Crippen LogP contribution in [0.15, 0.2) is 76.5 Å². The van der Waals surface area contributed by atoms with Gasteiger partial charge < -0.3 is 0 Å². The monoisotopic (exact) mass is 404 g/mol. The lowest BCUT2D eigenvalue weighted by atomic mass is 10.2. The minimum absolute atomic E-state index is 1.29. The third-order valence-electron chi connectivity index (χ3n) is 3.43. The van der Waals surface area contributed by atoms with Gasteiger partial charge in [0.1, 0.15) is 0 Å². The van der Waals surface area contributed by atoms with Crippen molar-refractivity contribution in [3.8, 4) is 0 Å². The minimum atomic E-state index is -4.94. The van der Waals surface area contributed by atoms with Crippen molar-refractivity contribution in [3.63, 3.8) is 0 Å². The molecule has 0 bridgehead atoms. The Labute approximate surface area is 161 Å².